The molecule has 1 aliphatic rings. The highest BCUT2D eigenvalue weighted by Crippen LogP contribution is 2.21. The molecule has 0 spiro atoms. The fourth-order valence-electron chi connectivity index (χ4n) is 1.68. The first-order valence-corrected chi connectivity index (χ1v) is 5.35. The monoisotopic (exact) mass is 230 g/mol. The third-order valence-electron chi connectivity index (χ3n) is 2.41. The van der Waals surface area contributed by atoms with Crippen LogP contribution < -0.4 is 0 Å². The SMILES string of the molecule is CN(C)C=C1C(c2ccccc2)=NOC1C=O. The molecule has 0 saturated heterocycles. The fraction of sp³-hybridized carbons (Fsp3) is 0.231. The lowest BCUT2D eigenvalue weighted by Gasteiger charge is -2.10. The quantitative estimate of drug-likeness (QED) is 0.738. The van der Waals surface area contributed by atoms with Crippen LogP contribution in [0.1, 0.15) is 5.56 Å². The van der Waals surface area contributed by atoms with E-state index in [0.717, 1.165) is 23.1 Å². The maximum Gasteiger partial charge on any atom is 0.211 e. The Hall–Kier alpha value is -2.10. The number of hydrogen-bond donors (Lipinski definition) is 0. The minimum Gasteiger partial charge on any atom is -0.383 e. The normalized spacial score (nSPS) is 20.9. The van der Waals surface area contributed by atoms with Crippen molar-refractivity contribution in [2.24, 2.45) is 5.16 Å². The van der Waals surface area contributed by atoms with Gasteiger partial charge < -0.3 is 9.74 Å². The van der Waals surface area contributed by atoms with Crippen LogP contribution in [0.2, 0.25) is 0 Å². The zero-order valence-corrected chi connectivity index (χ0v) is 9.83. The Kier molecular flexibility index (Phi) is 3.23. The Labute approximate surface area is 100 Å². The lowest BCUT2D eigenvalue weighted by atomic mass is 10.0. The standard InChI is InChI=1S/C13H14N2O2/c1-15(2)8-11-12(9-16)17-14-13(11)10-6-4-3-5-7-10/h3-9,12H,1-2H3. The summed E-state index contributed by atoms with van der Waals surface area (Å²) < 4.78 is 0. The van der Waals surface area contributed by atoms with E-state index in [4.69, 9.17) is 4.84 Å². The Morgan fingerprint density at radius 2 is 2.00 bits per heavy atom. The summed E-state index contributed by atoms with van der Waals surface area (Å²) in [6.45, 7) is 0. The molecular formula is C13H14N2O2. The van der Waals surface area contributed by atoms with Crippen LogP contribution in [0.5, 0.6) is 0 Å². The lowest BCUT2D eigenvalue weighted by molar-refractivity contribution is -0.115. The van der Waals surface area contributed by atoms with Gasteiger partial charge in [0.2, 0.25) is 6.10 Å². The molecule has 1 aliphatic heterocycles. The van der Waals surface area contributed by atoms with Gasteiger partial charge in [-0.25, -0.2) is 0 Å². The molecule has 0 fully saturated rings. The van der Waals surface area contributed by atoms with Crippen LogP contribution in [0.15, 0.2) is 47.3 Å². The topological polar surface area (TPSA) is 41.9 Å². The third kappa shape index (κ3) is 2.36. The zero-order chi connectivity index (χ0) is 12.3. The van der Waals surface area contributed by atoms with Crippen molar-refractivity contribution in [1.29, 1.82) is 0 Å². The summed E-state index contributed by atoms with van der Waals surface area (Å²) in [6, 6.07) is 9.68. The number of carbonyl (C=O) groups is 1. The van der Waals surface area contributed by atoms with Gasteiger partial charge in [-0.15, -0.1) is 0 Å². The summed E-state index contributed by atoms with van der Waals surface area (Å²) in [6.07, 6.45) is 2.01. The number of hydrogen-bond acceptors (Lipinski definition) is 4. The van der Waals surface area contributed by atoms with E-state index in [9.17, 15) is 4.79 Å². The van der Waals surface area contributed by atoms with Gasteiger partial charge in [-0.1, -0.05) is 35.5 Å². The second-order valence-electron chi connectivity index (χ2n) is 4.02. The molecule has 1 aromatic carbocycles. The van der Waals surface area contributed by atoms with Gasteiger partial charge >= 0.3 is 0 Å². The third-order valence-corrected chi connectivity index (χ3v) is 2.41. The van der Waals surface area contributed by atoms with Gasteiger partial charge in [-0.2, -0.15) is 0 Å². The van der Waals surface area contributed by atoms with Crippen molar-refractivity contribution in [2.45, 2.75) is 6.10 Å². The number of oxime groups is 1. The molecule has 0 radical (unpaired) electrons. The fourth-order valence-corrected chi connectivity index (χ4v) is 1.68. The number of aldehydes is 1. The van der Waals surface area contributed by atoms with Crippen molar-refractivity contribution in [3.63, 3.8) is 0 Å². The number of carbonyl (C=O) groups excluding carboxylic acids is 1. The highest BCUT2D eigenvalue weighted by molar-refractivity contribution is 6.15. The summed E-state index contributed by atoms with van der Waals surface area (Å²) in [5.41, 5.74) is 2.46. The molecule has 1 unspecified atom stereocenters. The van der Waals surface area contributed by atoms with Crippen LogP contribution in [0.3, 0.4) is 0 Å². The van der Waals surface area contributed by atoms with Crippen molar-refractivity contribution >= 4 is 12.0 Å². The molecule has 0 saturated carbocycles. The molecule has 1 heterocycles. The first kappa shape index (κ1) is 11.4. The van der Waals surface area contributed by atoms with Crippen molar-refractivity contribution in [3.8, 4) is 0 Å². The van der Waals surface area contributed by atoms with E-state index in [-0.39, 0.29) is 0 Å². The van der Waals surface area contributed by atoms with Crippen molar-refractivity contribution < 1.29 is 9.63 Å². The van der Waals surface area contributed by atoms with Gasteiger partial charge in [0.1, 0.15) is 5.71 Å². The Morgan fingerprint density at radius 3 is 2.59 bits per heavy atom. The van der Waals surface area contributed by atoms with Crippen LogP contribution in [0.25, 0.3) is 0 Å². The van der Waals surface area contributed by atoms with Crippen LogP contribution in [0.4, 0.5) is 0 Å². The molecular weight excluding hydrogens is 216 g/mol. The second-order valence-corrected chi connectivity index (χ2v) is 4.02. The average Bonchev–Trinajstić information content (AvgIpc) is 2.72. The van der Waals surface area contributed by atoms with E-state index in [0.29, 0.717) is 0 Å². The van der Waals surface area contributed by atoms with Gasteiger partial charge in [-0.05, 0) is 0 Å². The van der Waals surface area contributed by atoms with E-state index < -0.39 is 6.10 Å². The highest BCUT2D eigenvalue weighted by atomic mass is 16.6. The van der Waals surface area contributed by atoms with Crippen LogP contribution >= 0.6 is 0 Å². The number of benzene rings is 1. The summed E-state index contributed by atoms with van der Waals surface area (Å²) in [7, 11) is 3.80. The first-order valence-electron chi connectivity index (χ1n) is 5.35. The molecule has 0 bridgehead atoms. The largest absolute Gasteiger partial charge is 0.383 e. The molecule has 0 aliphatic carbocycles. The maximum absolute atomic E-state index is 10.9. The lowest BCUT2D eigenvalue weighted by Crippen LogP contribution is -2.18. The van der Waals surface area contributed by atoms with Crippen molar-refractivity contribution in [1.82, 2.24) is 4.90 Å². The smallest absolute Gasteiger partial charge is 0.211 e. The predicted molar refractivity (Wildman–Crippen MR) is 65.7 cm³/mol. The Bertz CT molecular complexity index is 464. The van der Waals surface area contributed by atoms with Crippen molar-refractivity contribution in [2.75, 3.05) is 14.1 Å². The van der Waals surface area contributed by atoms with Gasteiger partial charge in [0, 0.05) is 31.4 Å². The predicted octanol–water partition coefficient (Wildman–Crippen LogP) is 1.43. The van der Waals surface area contributed by atoms with E-state index in [1.807, 2.05) is 55.5 Å². The molecule has 0 amide bonds. The highest BCUT2D eigenvalue weighted by Gasteiger charge is 2.28. The van der Waals surface area contributed by atoms with E-state index >= 15 is 0 Å². The average molecular weight is 230 g/mol. The van der Waals surface area contributed by atoms with Crippen LogP contribution in [-0.2, 0) is 9.63 Å². The summed E-state index contributed by atoms with van der Waals surface area (Å²) >= 11 is 0. The molecule has 0 aromatic heterocycles. The zero-order valence-electron chi connectivity index (χ0n) is 9.83. The van der Waals surface area contributed by atoms with E-state index in [2.05, 4.69) is 5.16 Å². The van der Waals surface area contributed by atoms with Crippen LogP contribution in [0, 0.1) is 0 Å². The molecule has 4 heteroatoms. The minimum absolute atomic E-state index is 0.604. The Morgan fingerprint density at radius 1 is 1.29 bits per heavy atom. The molecule has 1 aromatic rings. The second kappa shape index (κ2) is 4.82. The summed E-state index contributed by atoms with van der Waals surface area (Å²) in [4.78, 5) is 17.9. The van der Waals surface area contributed by atoms with Crippen LogP contribution in [-0.4, -0.2) is 37.1 Å². The van der Waals surface area contributed by atoms with Gasteiger partial charge in [0.15, 0.2) is 6.29 Å². The molecule has 1 atom stereocenters. The molecule has 0 N–H and O–H groups in total. The van der Waals surface area contributed by atoms with Gasteiger partial charge in [-0.3, -0.25) is 4.79 Å². The van der Waals surface area contributed by atoms with E-state index in [1.165, 1.54) is 0 Å². The Balaban J connectivity index is 2.38. The molecule has 17 heavy (non-hydrogen) atoms. The minimum atomic E-state index is -0.604. The van der Waals surface area contributed by atoms with Gasteiger partial charge in [0.05, 0.1) is 0 Å². The molecule has 88 valence electrons. The summed E-state index contributed by atoms with van der Waals surface area (Å²) in [5.74, 6) is 0. The molecule has 4 nitrogen and oxygen atoms in total. The summed E-state index contributed by atoms with van der Waals surface area (Å²) in [5, 5.41) is 3.98. The molecule has 2 rings (SSSR count). The van der Waals surface area contributed by atoms with Crippen molar-refractivity contribution in [3.05, 3.63) is 47.7 Å². The van der Waals surface area contributed by atoms with Gasteiger partial charge in [0.25, 0.3) is 0 Å². The maximum atomic E-state index is 10.9. The van der Waals surface area contributed by atoms with E-state index in [1.54, 1.807) is 0 Å². The number of nitrogens with zero attached hydrogens (tertiary/aromatic N) is 2. The first-order chi connectivity index (χ1) is 8.22. The number of rotatable bonds is 3.